The number of hydrogen-bond donors (Lipinski definition) is 1. The summed E-state index contributed by atoms with van der Waals surface area (Å²) in [6.45, 7) is 3.76. The van der Waals surface area contributed by atoms with Gasteiger partial charge in [-0.05, 0) is 44.2 Å². The number of sulfonamides is 1. The van der Waals surface area contributed by atoms with E-state index >= 15 is 0 Å². The van der Waals surface area contributed by atoms with Gasteiger partial charge in [0.2, 0.25) is 10.0 Å². The predicted molar refractivity (Wildman–Crippen MR) is 102 cm³/mol. The molecule has 0 spiro atoms. The smallest absolute Gasteiger partial charge is 0.257 e. The molecular weight excluding hydrogens is 376 g/mol. The van der Waals surface area contributed by atoms with E-state index < -0.39 is 15.9 Å². The SMILES string of the molecule is CC(C)Oc1ccccc1NC(=O)c1cc(S(=O)(=O)N(C)C)ccc1Cl. The molecule has 0 aromatic heterocycles. The number of rotatable bonds is 6. The van der Waals surface area contributed by atoms with E-state index in [9.17, 15) is 13.2 Å². The second kappa shape index (κ2) is 8.07. The summed E-state index contributed by atoms with van der Waals surface area (Å²) in [7, 11) is -0.837. The second-order valence-corrected chi connectivity index (χ2v) is 8.61. The molecule has 0 atom stereocenters. The van der Waals surface area contributed by atoms with Crippen LogP contribution in [0.4, 0.5) is 5.69 Å². The number of anilines is 1. The Hall–Kier alpha value is -2.09. The molecule has 0 heterocycles. The van der Waals surface area contributed by atoms with Gasteiger partial charge in [0.25, 0.3) is 5.91 Å². The highest BCUT2D eigenvalue weighted by molar-refractivity contribution is 7.89. The summed E-state index contributed by atoms with van der Waals surface area (Å²) in [6.07, 6.45) is -0.0646. The summed E-state index contributed by atoms with van der Waals surface area (Å²) in [4.78, 5) is 12.7. The van der Waals surface area contributed by atoms with Crippen molar-refractivity contribution in [3.63, 3.8) is 0 Å². The molecule has 140 valence electrons. The Bertz CT molecular complexity index is 911. The standard InChI is InChI=1S/C18H21ClN2O4S/c1-12(2)25-17-8-6-5-7-16(17)20-18(22)14-11-13(9-10-15(14)19)26(23,24)21(3)4/h5-12H,1-4H3,(H,20,22). The van der Waals surface area contributed by atoms with E-state index in [0.29, 0.717) is 11.4 Å². The molecule has 0 unspecified atom stereocenters. The quantitative estimate of drug-likeness (QED) is 0.808. The van der Waals surface area contributed by atoms with Crippen LogP contribution < -0.4 is 10.1 Å². The normalized spacial score (nSPS) is 11.7. The third-order valence-corrected chi connectivity index (χ3v) is 5.60. The maximum Gasteiger partial charge on any atom is 0.257 e. The fourth-order valence-electron chi connectivity index (χ4n) is 2.17. The molecule has 2 aromatic rings. The van der Waals surface area contributed by atoms with Crippen molar-refractivity contribution in [2.45, 2.75) is 24.8 Å². The number of para-hydroxylation sites is 2. The van der Waals surface area contributed by atoms with E-state index in [1.165, 1.54) is 32.3 Å². The van der Waals surface area contributed by atoms with Crippen molar-refractivity contribution in [2.24, 2.45) is 0 Å². The van der Waals surface area contributed by atoms with Crippen LogP contribution in [0, 0.1) is 0 Å². The zero-order valence-corrected chi connectivity index (χ0v) is 16.6. The van der Waals surface area contributed by atoms with Crippen molar-refractivity contribution in [1.29, 1.82) is 0 Å². The fraction of sp³-hybridized carbons (Fsp3) is 0.278. The fourth-order valence-corrected chi connectivity index (χ4v) is 3.30. The van der Waals surface area contributed by atoms with Crippen LogP contribution >= 0.6 is 11.6 Å². The molecule has 1 amide bonds. The van der Waals surface area contributed by atoms with Gasteiger partial charge < -0.3 is 10.1 Å². The predicted octanol–water partition coefficient (Wildman–Crippen LogP) is 3.63. The molecule has 0 saturated carbocycles. The number of ether oxygens (including phenoxy) is 1. The van der Waals surface area contributed by atoms with Gasteiger partial charge in [0.1, 0.15) is 5.75 Å². The van der Waals surface area contributed by atoms with Crippen LogP contribution in [0.25, 0.3) is 0 Å². The average Bonchev–Trinajstić information content (AvgIpc) is 2.56. The maximum atomic E-state index is 12.7. The number of amides is 1. The summed E-state index contributed by atoms with van der Waals surface area (Å²) in [5.41, 5.74) is 0.539. The lowest BCUT2D eigenvalue weighted by atomic mass is 10.2. The largest absolute Gasteiger partial charge is 0.489 e. The Balaban J connectivity index is 2.37. The van der Waals surface area contributed by atoms with Crippen molar-refractivity contribution in [1.82, 2.24) is 4.31 Å². The third-order valence-electron chi connectivity index (χ3n) is 3.46. The molecule has 0 saturated heterocycles. The van der Waals surface area contributed by atoms with E-state index in [2.05, 4.69) is 5.32 Å². The molecule has 8 heteroatoms. The van der Waals surface area contributed by atoms with Gasteiger partial charge in [-0.2, -0.15) is 0 Å². The topological polar surface area (TPSA) is 75.7 Å². The molecule has 2 rings (SSSR count). The minimum atomic E-state index is -3.68. The first-order valence-electron chi connectivity index (χ1n) is 7.92. The van der Waals surface area contributed by atoms with Crippen LogP contribution in [0.15, 0.2) is 47.4 Å². The lowest BCUT2D eigenvalue weighted by Crippen LogP contribution is -2.23. The number of hydrogen-bond acceptors (Lipinski definition) is 4. The zero-order valence-electron chi connectivity index (χ0n) is 15.0. The zero-order chi connectivity index (χ0) is 19.5. The molecule has 6 nitrogen and oxygen atoms in total. The molecule has 0 bridgehead atoms. The van der Waals surface area contributed by atoms with Gasteiger partial charge in [-0.3, -0.25) is 4.79 Å². The van der Waals surface area contributed by atoms with Crippen LogP contribution in [0.3, 0.4) is 0 Å². The van der Waals surface area contributed by atoms with Crippen molar-refractivity contribution in [3.05, 3.63) is 53.1 Å². The van der Waals surface area contributed by atoms with Crippen LogP contribution in [-0.2, 0) is 10.0 Å². The molecule has 0 aliphatic carbocycles. The molecular formula is C18H21ClN2O4S. The highest BCUT2D eigenvalue weighted by atomic mass is 35.5. The Morgan fingerprint density at radius 1 is 1.15 bits per heavy atom. The first-order chi connectivity index (χ1) is 12.1. The van der Waals surface area contributed by atoms with E-state index in [4.69, 9.17) is 16.3 Å². The number of carbonyl (C=O) groups excluding carboxylic acids is 1. The number of benzene rings is 2. The van der Waals surface area contributed by atoms with Gasteiger partial charge in [-0.15, -0.1) is 0 Å². The third kappa shape index (κ3) is 4.55. The molecule has 26 heavy (non-hydrogen) atoms. The van der Waals surface area contributed by atoms with E-state index in [-0.39, 0.29) is 21.6 Å². The molecule has 0 aliphatic heterocycles. The lowest BCUT2D eigenvalue weighted by molar-refractivity contribution is 0.102. The summed E-state index contributed by atoms with van der Waals surface area (Å²) in [6, 6.07) is 11.0. The van der Waals surface area contributed by atoms with E-state index in [1.54, 1.807) is 24.3 Å². The van der Waals surface area contributed by atoms with Gasteiger partial charge in [0, 0.05) is 14.1 Å². The Morgan fingerprint density at radius 3 is 2.42 bits per heavy atom. The van der Waals surface area contributed by atoms with Crippen molar-refractivity contribution in [3.8, 4) is 5.75 Å². The van der Waals surface area contributed by atoms with Crippen LogP contribution in [-0.4, -0.2) is 38.8 Å². The van der Waals surface area contributed by atoms with E-state index in [0.717, 1.165) is 4.31 Å². The summed E-state index contributed by atoms with van der Waals surface area (Å²) in [5, 5.41) is 2.88. The van der Waals surface area contributed by atoms with Crippen LogP contribution in [0.5, 0.6) is 5.75 Å². The molecule has 1 N–H and O–H groups in total. The van der Waals surface area contributed by atoms with E-state index in [1.807, 2.05) is 13.8 Å². The number of halogens is 1. The van der Waals surface area contributed by atoms with Crippen molar-refractivity contribution < 1.29 is 17.9 Å². The maximum absolute atomic E-state index is 12.7. The number of carbonyl (C=O) groups is 1. The van der Waals surface area contributed by atoms with Gasteiger partial charge in [-0.1, -0.05) is 23.7 Å². The minimum absolute atomic E-state index is 0.0104. The van der Waals surface area contributed by atoms with Crippen molar-refractivity contribution >= 4 is 33.2 Å². The molecule has 0 radical (unpaired) electrons. The highest BCUT2D eigenvalue weighted by Crippen LogP contribution is 2.27. The Kier molecular flexibility index (Phi) is 6.28. The van der Waals surface area contributed by atoms with Crippen LogP contribution in [0.2, 0.25) is 5.02 Å². The molecule has 0 fully saturated rings. The van der Waals surface area contributed by atoms with Crippen LogP contribution in [0.1, 0.15) is 24.2 Å². The monoisotopic (exact) mass is 396 g/mol. The van der Waals surface area contributed by atoms with Gasteiger partial charge in [0.15, 0.2) is 0 Å². The van der Waals surface area contributed by atoms with Gasteiger partial charge >= 0.3 is 0 Å². The summed E-state index contributed by atoms with van der Waals surface area (Å²) >= 11 is 6.11. The van der Waals surface area contributed by atoms with Crippen molar-refractivity contribution in [2.75, 3.05) is 19.4 Å². The highest BCUT2D eigenvalue weighted by Gasteiger charge is 2.21. The first kappa shape index (κ1) is 20.2. The molecule has 2 aromatic carbocycles. The second-order valence-electron chi connectivity index (χ2n) is 6.05. The Labute approximate surface area is 158 Å². The minimum Gasteiger partial charge on any atom is -0.489 e. The number of nitrogens with zero attached hydrogens (tertiary/aromatic N) is 1. The number of nitrogens with one attached hydrogen (secondary N) is 1. The summed E-state index contributed by atoms with van der Waals surface area (Å²) in [5.74, 6) is -0.00495. The Morgan fingerprint density at radius 2 is 1.81 bits per heavy atom. The first-order valence-corrected chi connectivity index (χ1v) is 9.74. The van der Waals surface area contributed by atoms with Gasteiger partial charge in [0.05, 0.1) is 27.3 Å². The molecule has 0 aliphatic rings. The average molecular weight is 397 g/mol. The lowest BCUT2D eigenvalue weighted by Gasteiger charge is -2.16. The summed E-state index contributed by atoms with van der Waals surface area (Å²) < 4.78 is 31.3. The van der Waals surface area contributed by atoms with Gasteiger partial charge in [-0.25, -0.2) is 12.7 Å².